The molecule has 98 valence electrons. The summed E-state index contributed by atoms with van der Waals surface area (Å²) in [5, 5.41) is 11.1. The Morgan fingerprint density at radius 3 is 2.89 bits per heavy atom. The van der Waals surface area contributed by atoms with E-state index >= 15 is 0 Å². The average molecular weight is 270 g/mol. The fourth-order valence-corrected chi connectivity index (χ4v) is 2.50. The second kappa shape index (κ2) is 5.65. The number of likely N-dealkylation sites (tertiary alicyclic amines) is 1. The second-order valence-corrected chi connectivity index (χ2v) is 5.07. The summed E-state index contributed by atoms with van der Waals surface area (Å²) in [7, 11) is 0. The molecule has 1 fully saturated rings. The summed E-state index contributed by atoms with van der Waals surface area (Å²) in [6.45, 7) is 3.43. The molecule has 0 aliphatic carbocycles. The second-order valence-electron chi connectivity index (χ2n) is 4.66. The predicted octanol–water partition coefficient (Wildman–Crippen LogP) is 2.03. The highest BCUT2D eigenvalue weighted by Gasteiger charge is 2.22. The summed E-state index contributed by atoms with van der Waals surface area (Å²) >= 11 is 6.07. The Morgan fingerprint density at radius 1 is 1.56 bits per heavy atom. The van der Waals surface area contributed by atoms with Gasteiger partial charge in [-0.05, 0) is 37.1 Å². The van der Waals surface area contributed by atoms with Crippen molar-refractivity contribution in [3.8, 4) is 0 Å². The van der Waals surface area contributed by atoms with E-state index in [1.807, 2.05) is 0 Å². The third-order valence-corrected chi connectivity index (χ3v) is 3.70. The number of non-ortho nitro benzene ring substituents is 1. The normalized spacial score (nSPS) is 20.2. The van der Waals surface area contributed by atoms with Gasteiger partial charge in [-0.2, -0.15) is 0 Å². The Hall–Kier alpha value is -1.17. The summed E-state index contributed by atoms with van der Waals surface area (Å²) < 4.78 is 0. The van der Waals surface area contributed by atoms with Gasteiger partial charge in [-0.25, -0.2) is 0 Å². The van der Waals surface area contributed by atoms with Crippen LogP contribution < -0.4 is 5.73 Å². The number of hydrogen-bond acceptors (Lipinski definition) is 4. The standard InChI is InChI=1S/C12H16ClN3O2/c13-12-5-11(16(17)18)2-1-10(12)8-15-4-3-9(6-14)7-15/h1-2,5,9H,3-4,6-8,14H2. The number of nitro benzene ring substituents is 1. The Balaban J connectivity index is 2.04. The molecule has 1 heterocycles. The van der Waals surface area contributed by atoms with Gasteiger partial charge in [0, 0.05) is 25.2 Å². The molecular formula is C12H16ClN3O2. The van der Waals surface area contributed by atoms with Crippen molar-refractivity contribution in [3.05, 3.63) is 38.9 Å². The van der Waals surface area contributed by atoms with Crippen LogP contribution in [0.25, 0.3) is 0 Å². The Bertz CT molecular complexity index is 453. The molecular weight excluding hydrogens is 254 g/mol. The number of benzene rings is 1. The van der Waals surface area contributed by atoms with E-state index in [9.17, 15) is 10.1 Å². The van der Waals surface area contributed by atoms with Crippen LogP contribution in [0.4, 0.5) is 5.69 Å². The molecule has 5 nitrogen and oxygen atoms in total. The Labute approximate surface area is 111 Å². The molecule has 0 spiro atoms. The van der Waals surface area contributed by atoms with Gasteiger partial charge >= 0.3 is 0 Å². The van der Waals surface area contributed by atoms with Crippen molar-refractivity contribution in [2.24, 2.45) is 11.7 Å². The van der Waals surface area contributed by atoms with Gasteiger partial charge < -0.3 is 5.73 Å². The fraction of sp³-hybridized carbons (Fsp3) is 0.500. The number of hydrogen-bond donors (Lipinski definition) is 1. The van der Waals surface area contributed by atoms with Crippen LogP contribution in [0, 0.1) is 16.0 Å². The van der Waals surface area contributed by atoms with Crippen LogP contribution in [0.3, 0.4) is 0 Å². The summed E-state index contributed by atoms with van der Waals surface area (Å²) in [5.41, 5.74) is 6.61. The molecule has 0 bridgehead atoms. The van der Waals surface area contributed by atoms with E-state index in [-0.39, 0.29) is 5.69 Å². The molecule has 2 rings (SSSR count). The van der Waals surface area contributed by atoms with Gasteiger partial charge in [0.1, 0.15) is 0 Å². The van der Waals surface area contributed by atoms with Crippen molar-refractivity contribution < 1.29 is 4.92 Å². The molecule has 2 N–H and O–H groups in total. The van der Waals surface area contributed by atoms with Crippen molar-refractivity contribution in [2.75, 3.05) is 19.6 Å². The van der Waals surface area contributed by atoms with Crippen molar-refractivity contribution in [1.29, 1.82) is 0 Å². The monoisotopic (exact) mass is 269 g/mol. The van der Waals surface area contributed by atoms with Gasteiger partial charge in [0.05, 0.1) is 9.95 Å². The first-order chi connectivity index (χ1) is 8.60. The number of halogens is 1. The maximum absolute atomic E-state index is 10.6. The third-order valence-electron chi connectivity index (χ3n) is 3.34. The maximum Gasteiger partial charge on any atom is 0.270 e. The van der Waals surface area contributed by atoms with E-state index in [0.29, 0.717) is 17.5 Å². The van der Waals surface area contributed by atoms with Crippen LogP contribution in [-0.2, 0) is 6.54 Å². The zero-order chi connectivity index (χ0) is 13.1. The minimum Gasteiger partial charge on any atom is -0.330 e. The number of nitrogens with zero attached hydrogens (tertiary/aromatic N) is 2. The summed E-state index contributed by atoms with van der Waals surface area (Å²) in [5.74, 6) is 0.557. The van der Waals surface area contributed by atoms with Crippen LogP contribution in [0.5, 0.6) is 0 Å². The average Bonchev–Trinajstić information content (AvgIpc) is 2.79. The van der Waals surface area contributed by atoms with Crippen LogP contribution in [0.15, 0.2) is 18.2 Å². The highest BCUT2D eigenvalue weighted by molar-refractivity contribution is 6.31. The summed E-state index contributed by atoms with van der Waals surface area (Å²) in [6.07, 6.45) is 1.11. The molecule has 1 aromatic rings. The largest absolute Gasteiger partial charge is 0.330 e. The fourth-order valence-electron chi connectivity index (χ4n) is 2.27. The topological polar surface area (TPSA) is 72.4 Å². The number of nitro groups is 1. The minimum absolute atomic E-state index is 0.0324. The molecule has 0 aromatic heterocycles. The lowest BCUT2D eigenvalue weighted by molar-refractivity contribution is -0.384. The van der Waals surface area contributed by atoms with Crippen molar-refractivity contribution >= 4 is 17.3 Å². The molecule has 1 unspecified atom stereocenters. The molecule has 1 saturated heterocycles. The molecule has 1 aliphatic heterocycles. The molecule has 18 heavy (non-hydrogen) atoms. The lowest BCUT2D eigenvalue weighted by Crippen LogP contribution is -2.22. The smallest absolute Gasteiger partial charge is 0.270 e. The van der Waals surface area contributed by atoms with E-state index < -0.39 is 4.92 Å². The lowest BCUT2D eigenvalue weighted by atomic mass is 10.1. The highest BCUT2D eigenvalue weighted by atomic mass is 35.5. The van der Waals surface area contributed by atoms with E-state index in [1.165, 1.54) is 12.1 Å². The van der Waals surface area contributed by atoms with Gasteiger partial charge in [0.15, 0.2) is 0 Å². The van der Waals surface area contributed by atoms with Gasteiger partial charge in [-0.1, -0.05) is 11.6 Å². The predicted molar refractivity (Wildman–Crippen MR) is 70.5 cm³/mol. The Kier molecular flexibility index (Phi) is 4.16. The van der Waals surface area contributed by atoms with Crippen molar-refractivity contribution in [2.45, 2.75) is 13.0 Å². The van der Waals surface area contributed by atoms with Crippen molar-refractivity contribution in [1.82, 2.24) is 4.90 Å². The maximum atomic E-state index is 10.6. The summed E-state index contributed by atoms with van der Waals surface area (Å²) in [4.78, 5) is 12.5. The number of nitrogens with two attached hydrogens (primary N) is 1. The molecule has 1 aromatic carbocycles. The molecule has 0 saturated carbocycles. The van der Waals surface area contributed by atoms with Gasteiger partial charge in [0.25, 0.3) is 5.69 Å². The van der Waals surface area contributed by atoms with Crippen LogP contribution in [-0.4, -0.2) is 29.5 Å². The first kappa shape index (κ1) is 13.3. The molecule has 0 radical (unpaired) electrons. The van der Waals surface area contributed by atoms with E-state index in [4.69, 9.17) is 17.3 Å². The first-order valence-electron chi connectivity index (χ1n) is 5.95. The van der Waals surface area contributed by atoms with Gasteiger partial charge in [0.2, 0.25) is 0 Å². The highest BCUT2D eigenvalue weighted by Crippen LogP contribution is 2.25. The van der Waals surface area contributed by atoms with Crippen LogP contribution >= 0.6 is 11.6 Å². The lowest BCUT2D eigenvalue weighted by Gasteiger charge is -2.16. The third kappa shape index (κ3) is 2.98. The molecule has 6 heteroatoms. The van der Waals surface area contributed by atoms with Crippen LogP contribution in [0.2, 0.25) is 5.02 Å². The molecule has 0 amide bonds. The first-order valence-corrected chi connectivity index (χ1v) is 6.33. The van der Waals surface area contributed by atoms with E-state index in [1.54, 1.807) is 6.07 Å². The van der Waals surface area contributed by atoms with Crippen molar-refractivity contribution in [3.63, 3.8) is 0 Å². The summed E-state index contributed by atoms with van der Waals surface area (Å²) in [6, 6.07) is 4.64. The van der Waals surface area contributed by atoms with Gasteiger partial charge in [-0.15, -0.1) is 0 Å². The van der Waals surface area contributed by atoms with Crippen LogP contribution in [0.1, 0.15) is 12.0 Å². The molecule has 1 atom stereocenters. The SMILES string of the molecule is NCC1CCN(Cc2ccc([N+](=O)[O-])cc2Cl)C1. The quantitative estimate of drug-likeness (QED) is 0.670. The zero-order valence-electron chi connectivity index (χ0n) is 10.0. The van der Waals surface area contributed by atoms with Gasteiger partial charge in [-0.3, -0.25) is 15.0 Å². The Morgan fingerprint density at radius 2 is 2.33 bits per heavy atom. The van der Waals surface area contributed by atoms with E-state index in [2.05, 4.69) is 4.90 Å². The minimum atomic E-state index is -0.435. The van der Waals surface area contributed by atoms with E-state index in [0.717, 1.165) is 31.6 Å². The zero-order valence-corrected chi connectivity index (χ0v) is 10.8. The number of rotatable bonds is 4. The molecule has 1 aliphatic rings.